The number of amides is 1. The molecule has 0 aliphatic carbocycles. The molecule has 8 nitrogen and oxygen atoms in total. The van der Waals surface area contributed by atoms with E-state index in [2.05, 4.69) is 15.2 Å². The van der Waals surface area contributed by atoms with Crippen LogP contribution in [0, 0.1) is 0 Å². The molecule has 1 amide bonds. The Morgan fingerprint density at radius 2 is 1.84 bits per heavy atom. The average Bonchev–Trinajstić information content (AvgIpc) is 2.53. The summed E-state index contributed by atoms with van der Waals surface area (Å²) in [5.41, 5.74) is 3.53. The van der Waals surface area contributed by atoms with Crippen molar-refractivity contribution in [2.75, 3.05) is 11.0 Å². The van der Waals surface area contributed by atoms with Gasteiger partial charge in [-0.1, -0.05) is 12.1 Å². The Morgan fingerprint density at radius 1 is 1.12 bits per heavy atom. The molecule has 2 aromatic carbocycles. The number of hydrazone groups is 1. The molecule has 0 bridgehead atoms. The molecule has 0 unspecified atom stereocenters. The summed E-state index contributed by atoms with van der Waals surface area (Å²) in [7, 11) is -3.40. The second-order valence-corrected chi connectivity index (χ2v) is 7.04. The second kappa shape index (κ2) is 7.22. The lowest BCUT2D eigenvalue weighted by Crippen LogP contribution is -2.19. The minimum Gasteiger partial charge on any atom is -0.508 e. The molecule has 2 rings (SSSR count). The molecule has 0 atom stereocenters. The quantitative estimate of drug-likeness (QED) is 0.365. The Morgan fingerprint density at radius 3 is 2.52 bits per heavy atom. The van der Waals surface area contributed by atoms with Crippen LogP contribution in [0.25, 0.3) is 0 Å². The zero-order valence-corrected chi connectivity index (χ0v) is 14.3. The van der Waals surface area contributed by atoms with Crippen LogP contribution < -0.4 is 10.1 Å². The normalized spacial score (nSPS) is 11.8. The summed E-state index contributed by atoms with van der Waals surface area (Å²) in [6, 6.07) is 10.1. The van der Waals surface area contributed by atoms with Crippen LogP contribution in [-0.4, -0.2) is 36.5 Å². The van der Waals surface area contributed by atoms with E-state index in [0.717, 1.165) is 12.3 Å². The molecule has 2 aromatic rings. The fourth-order valence-corrected chi connectivity index (χ4v) is 2.54. The summed E-state index contributed by atoms with van der Waals surface area (Å²) < 4.78 is 24.9. The molecule has 0 radical (unpaired) electrons. The third-order valence-electron chi connectivity index (χ3n) is 3.13. The zero-order chi connectivity index (χ0) is 18.6. The Bertz CT molecular complexity index is 939. The van der Waals surface area contributed by atoms with Crippen molar-refractivity contribution in [2.24, 2.45) is 5.10 Å². The van der Waals surface area contributed by atoms with E-state index in [1.165, 1.54) is 12.1 Å². The molecule has 132 valence electrons. The number of phenols is 2. The number of phenolic OH excluding ortho intramolecular Hbond substituents is 2. The topological polar surface area (TPSA) is 128 Å². The highest BCUT2D eigenvalue weighted by Gasteiger charge is 2.12. The van der Waals surface area contributed by atoms with E-state index in [-0.39, 0.29) is 17.1 Å². The summed E-state index contributed by atoms with van der Waals surface area (Å²) in [6.07, 6.45) is 1.04. The maximum absolute atomic E-state index is 12.0. The lowest BCUT2D eigenvalue weighted by Gasteiger charge is -2.07. The van der Waals surface area contributed by atoms with Crippen LogP contribution in [0.2, 0.25) is 0 Å². The number of sulfonamides is 1. The smallest absolute Gasteiger partial charge is 0.275 e. The monoisotopic (exact) mass is 363 g/mol. The van der Waals surface area contributed by atoms with E-state index in [1.54, 1.807) is 31.2 Å². The number of nitrogens with one attached hydrogen (secondary N) is 2. The number of hydrogen-bond acceptors (Lipinski definition) is 6. The van der Waals surface area contributed by atoms with Gasteiger partial charge < -0.3 is 10.2 Å². The molecule has 0 spiro atoms. The number of anilines is 1. The predicted molar refractivity (Wildman–Crippen MR) is 94.4 cm³/mol. The molecular formula is C16H17N3O5S. The molecule has 25 heavy (non-hydrogen) atoms. The molecule has 0 aromatic heterocycles. The van der Waals surface area contributed by atoms with Gasteiger partial charge in [0.1, 0.15) is 11.5 Å². The van der Waals surface area contributed by atoms with Crippen molar-refractivity contribution in [3.63, 3.8) is 0 Å². The largest absolute Gasteiger partial charge is 0.508 e. The second-order valence-electron chi connectivity index (χ2n) is 5.29. The van der Waals surface area contributed by atoms with Crippen LogP contribution in [0.15, 0.2) is 47.6 Å². The molecule has 9 heteroatoms. The van der Waals surface area contributed by atoms with E-state index in [4.69, 9.17) is 0 Å². The van der Waals surface area contributed by atoms with Crippen molar-refractivity contribution in [2.45, 2.75) is 6.92 Å². The fraction of sp³-hybridized carbons (Fsp3) is 0.125. The van der Waals surface area contributed by atoms with Crippen LogP contribution >= 0.6 is 0 Å². The number of aromatic hydroxyl groups is 2. The van der Waals surface area contributed by atoms with Crippen molar-refractivity contribution in [1.82, 2.24) is 5.43 Å². The molecule has 0 aliphatic heterocycles. The van der Waals surface area contributed by atoms with Gasteiger partial charge in [-0.25, -0.2) is 13.8 Å². The molecule has 0 heterocycles. The van der Waals surface area contributed by atoms with E-state index in [9.17, 15) is 23.4 Å². The van der Waals surface area contributed by atoms with Gasteiger partial charge in [-0.3, -0.25) is 9.52 Å². The van der Waals surface area contributed by atoms with Crippen LogP contribution in [0.5, 0.6) is 11.5 Å². The molecular weight excluding hydrogens is 346 g/mol. The first kappa shape index (κ1) is 18.3. The van der Waals surface area contributed by atoms with Crippen molar-refractivity contribution in [3.8, 4) is 11.5 Å². The fourth-order valence-electron chi connectivity index (χ4n) is 1.99. The Hall–Kier alpha value is -3.07. The van der Waals surface area contributed by atoms with Gasteiger partial charge in [-0.05, 0) is 42.8 Å². The maximum atomic E-state index is 12.0. The lowest BCUT2D eigenvalue weighted by atomic mass is 10.1. The minimum atomic E-state index is -3.40. The van der Waals surface area contributed by atoms with Crippen LogP contribution in [-0.2, 0) is 10.0 Å². The number of hydrogen-bond donors (Lipinski definition) is 4. The summed E-state index contributed by atoms with van der Waals surface area (Å²) in [5, 5.41) is 23.0. The van der Waals surface area contributed by atoms with Crippen molar-refractivity contribution in [1.29, 1.82) is 0 Å². The van der Waals surface area contributed by atoms with Gasteiger partial charge >= 0.3 is 0 Å². The van der Waals surface area contributed by atoms with Gasteiger partial charge in [-0.15, -0.1) is 0 Å². The molecule has 0 fully saturated rings. The van der Waals surface area contributed by atoms with E-state index < -0.39 is 15.9 Å². The van der Waals surface area contributed by atoms with E-state index in [1.807, 2.05) is 0 Å². The van der Waals surface area contributed by atoms with E-state index in [0.29, 0.717) is 17.0 Å². The first-order chi connectivity index (χ1) is 11.7. The Labute approximate surface area is 144 Å². The Balaban J connectivity index is 2.17. The van der Waals surface area contributed by atoms with Gasteiger partial charge in [0.15, 0.2) is 0 Å². The van der Waals surface area contributed by atoms with Gasteiger partial charge in [-0.2, -0.15) is 5.10 Å². The number of benzene rings is 2. The standard InChI is InChI=1S/C16H17N3O5S/c1-10(11-4-3-5-12(8-11)19-25(2,23)24)17-18-16(22)14-9-13(20)6-7-15(14)21/h3-9,19-21H,1-2H3,(H,18,22)/b17-10+. The van der Waals surface area contributed by atoms with Gasteiger partial charge in [0.2, 0.25) is 10.0 Å². The van der Waals surface area contributed by atoms with Crippen LogP contribution in [0.1, 0.15) is 22.8 Å². The molecule has 4 N–H and O–H groups in total. The lowest BCUT2D eigenvalue weighted by molar-refractivity contribution is 0.0951. The molecule has 0 saturated heterocycles. The number of rotatable bonds is 5. The molecule has 0 aliphatic rings. The third kappa shape index (κ3) is 5.21. The van der Waals surface area contributed by atoms with Crippen molar-refractivity contribution in [3.05, 3.63) is 53.6 Å². The van der Waals surface area contributed by atoms with Crippen LogP contribution in [0.3, 0.4) is 0 Å². The van der Waals surface area contributed by atoms with Crippen molar-refractivity contribution < 1.29 is 23.4 Å². The van der Waals surface area contributed by atoms with Gasteiger partial charge in [0, 0.05) is 5.69 Å². The SMILES string of the molecule is C/C(=N\NC(=O)c1cc(O)ccc1O)c1cccc(NS(C)(=O)=O)c1. The predicted octanol–water partition coefficient (Wildman–Crippen LogP) is 1.62. The first-order valence-electron chi connectivity index (χ1n) is 7.10. The maximum Gasteiger partial charge on any atom is 0.275 e. The highest BCUT2D eigenvalue weighted by molar-refractivity contribution is 7.92. The number of carbonyl (C=O) groups excluding carboxylic acids is 1. The van der Waals surface area contributed by atoms with Crippen LogP contribution in [0.4, 0.5) is 5.69 Å². The molecule has 0 saturated carbocycles. The summed E-state index contributed by atoms with van der Waals surface area (Å²) >= 11 is 0. The van der Waals surface area contributed by atoms with Crippen molar-refractivity contribution >= 4 is 27.3 Å². The number of nitrogens with zero attached hydrogens (tertiary/aromatic N) is 1. The minimum absolute atomic E-state index is 0.121. The first-order valence-corrected chi connectivity index (χ1v) is 9.00. The van der Waals surface area contributed by atoms with E-state index >= 15 is 0 Å². The Kier molecular flexibility index (Phi) is 5.28. The van der Waals surface area contributed by atoms with Gasteiger partial charge in [0.25, 0.3) is 5.91 Å². The summed E-state index contributed by atoms with van der Waals surface area (Å²) in [4.78, 5) is 12.0. The highest BCUT2D eigenvalue weighted by atomic mass is 32.2. The van der Waals surface area contributed by atoms with Gasteiger partial charge in [0.05, 0.1) is 17.5 Å². The zero-order valence-electron chi connectivity index (χ0n) is 13.5. The number of carbonyl (C=O) groups is 1. The third-order valence-corrected chi connectivity index (χ3v) is 3.74. The highest BCUT2D eigenvalue weighted by Crippen LogP contribution is 2.21. The summed E-state index contributed by atoms with van der Waals surface area (Å²) in [5.74, 6) is -1.15. The average molecular weight is 363 g/mol. The summed E-state index contributed by atoms with van der Waals surface area (Å²) in [6.45, 7) is 1.63.